The lowest BCUT2D eigenvalue weighted by Crippen LogP contribution is -2.63. The van der Waals surface area contributed by atoms with Crippen LogP contribution in [0.25, 0.3) is 0 Å². The number of nitrogens with zero attached hydrogens (tertiary/aromatic N) is 1. The summed E-state index contributed by atoms with van der Waals surface area (Å²) in [5.74, 6) is -3.24. The predicted octanol–water partition coefficient (Wildman–Crippen LogP) is 6.33. The number of carbonyl (C=O) groups excluding carboxylic acids is 6. The van der Waals surface area contributed by atoms with Crippen LogP contribution >= 0.6 is 0 Å². The molecule has 0 radical (unpaired) electrons. The molecule has 15 nitrogen and oxygen atoms in total. The molecule has 0 unspecified atom stereocenters. The molecule has 1 aromatic carbocycles. The summed E-state index contributed by atoms with van der Waals surface area (Å²) in [5.41, 5.74) is -0.0812. The van der Waals surface area contributed by atoms with E-state index >= 15 is 0 Å². The Bertz CT molecular complexity index is 1620. The van der Waals surface area contributed by atoms with Crippen molar-refractivity contribution in [2.24, 2.45) is 0 Å². The predicted molar refractivity (Wildman–Crippen MR) is 230 cm³/mol. The highest BCUT2D eigenvalue weighted by molar-refractivity contribution is 5.96. The maximum absolute atomic E-state index is 14.8. The normalized spacial score (nSPS) is 21.7. The maximum atomic E-state index is 14.8. The molecule has 4 fully saturated rings. The van der Waals surface area contributed by atoms with Crippen LogP contribution in [-0.4, -0.2) is 107 Å². The second-order valence-corrected chi connectivity index (χ2v) is 18.6. The van der Waals surface area contributed by atoms with Crippen LogP contribution in [0.3, 0.4) is 0 Å². The Morgan fingerprint density at radius 1 is 0.661 bits per heavy atom. The van der Waals surface area contributed by atoms with Crippen molar-refractivity contribution < 1.29 is 52.5 Å². The van der Waals surface area contributed by atoms with Crippen molar-refractivity contribution in [3.05, 3.63) is 35.9 Å². The van der Waals surface area contributed by atoms with Crippen molar-refractivity contribution in [3.8, 4) is 0 Å². The second kappa shape index (κ2) is 24.0. The number of hydrogen-bond donors (Lipinski definition) is 3. The van der Waals surface area contributed by atoms with E-state index in [0.717, 1.165) is 102 Å². The molecule has 62 heavy (non-hydrogen) atoms. The molecule has 6 atom stereocenters. The molecule has 1 saturated heterocycles. The molecule has 3 N–H and O–H groups in total. The average molecular weight is 869 g/mol. The zero-order valence-electron chi connectivity index (χ0n) is 37.7. The molecule has 4 amide bonds. The van der Waals surface area contributed by atoms with Gasteiger partial charge in [-0.25, -0.2) is 9.59 Å². The van der Waals surface area contributed by atoms with Gasteiger partial charge in [0.1, 0.15) is 42.5 Å². The fourth-order valence-corrected chi connectivity index (χ4v) is 8.96. The maximum Gasteiger partial charge on any atom is 0.408 e. The number of hydrogen-bond acceptors (Lipinski definition) is 11. The van der Waals surface area contributed by atoms with E-state index in [-0.39, 0.29) is 31.5 Å². The Morgan fingerprint density at radius 2 is 1.19 bits per heavy atom. The second-order valence-electron chi connectivity index (χ2n) is 18.6. The molecule has 346 valence electrons. The largest absolute Gasteiger partial charge is 0.462 e. The fourth-order valence-electron chi connectivity index (χ4n) is 8.96. The Balaban J connectivity index is 1.38. The van der Waals surface area contributed by atoms with Crippen molar-refractivity contribution in [1.29, 1.82) is 0 Å². The van der Waals surface area contributed by atoms with Crippen LogP contribution in [0.2, 0.25) is 0 Å². The minimum atomic E-state index is -1.46. The first-order valence-electron chi connectivity index (χ1n) is 23.3. The molecule has 15 heteroatoms. The topological polar surface area (TPSA) is 188 Å². The van der Waals surface area contributed by atoms with Crippen LogP contribution in [-0.2, 0) is 54.3 Å². The number of nitrogens with one attached hydrogen (secondary N) is 3. The van der Waals surface area contributed by atoms with Crippen LogP contribution in [0.4, 0.5) is 4.79 Å². The van der Waals surface area contributed by atoms with Crippen LogP contribution in [0.1, 0.15) is 156 Å². The molecule has 0 aromatic heterocycles. The van der Waals surface area contributed by atoms with E-state index in [1.807, 2.05) is 30.3 Å². The summed E-state index contributed by atoms with van der Waals surface area (Å²) in [5, 5.41) is 8.24. The molecule has 3 aliphatic carbocycles. The van der Waals surface area contributed by atoms with Gasteiger partial charge in [-0.15, -0.1) is 0 Å². The Kier molecular flexibility index (Phi) is 18.9. The van der Waals surface area contributed by atoms with Crippen molar-refractivity contribution in [1.82, 2.24) is 20.9 Å². The van der Waals surface area contributed by atoms with Crippen molar-refractivity contribution in [2.45, 2.75) is 217 Å². The molecule has 1 aromatic rings. The standard InChI is InChI=1S/C47H72N4O11/c1-31(59-34-21-12-7-13-22-34)40(49-42(53)37(48-46(57)62-47(3,4)5)29-39(52)61-36-25-16-9-17-26-36)43(54)50-41(32(2)60-35-23-14-8-15-24-35)44(55)51-28-18-27-38(51)45(56)58-30-33-19-10-6-11-20-33/h6,10-11,19-20,31-32,34-38,40-41H,7-9,12-18,21-30H2,1-5H3,(H,48,57)(H,49,53)(H,50,54)/t31-,32-,37+,38+,40+,41+/m1/s1. The average Bonchev–Trinajstić information content (AvgIpc) is 3.74. The van der Waals surface area contributed by atoms with Crippen molar-refractivity contribution in [2.75, 3.05) is 6.54 Å². The van der Waals surface area contributed by atoms with Crippen LogP contribution in [0, 0.1) is 0 Å². The molecule has 4 aliphatic rings. The summed E-state index contributed by atoms with van der Waals surface area (Å²) >= 11 is 0. The van der Waals surface area contributed by atoms with Gasteiger partial charge in [-0.3, -0.25) is 19.2 Å². The van der Waals surface area contributed by atoms with Gasteiger partial charge in [0.05, 0.1) is 30.8 Å². The summed E-state index contributed by atoms with van der Waals surface area (Å²) in [6.45, 7) is 8.80. The zero-order chi connectivity index (χ0) is 44.6. The zero-order valence-corrected chi connectivity index (χ0v) is 37.7. The van der Waals surface area contributed by atoms with E-state index in [1.165, 1.54) is 4.90 Å². The summed E-state index contributed by atoms with van der Waals surface area (Å²) in [6, 6.07) is 4.37. The molecular weight excluding hydrogens is 797 g/mol. The lowest BCUT2D eigenvalue weighted by molar-refractivity contribution is -0.157. The number of carbonyl (C=O) groups is 6. The highest BCUT2D eigenvalue weighted by Crippen LogP contribution is 2.27. The van der Waals surface area contributed by atoms with E-state index in [4.69, 9.17) is 23.7 Å². The number of esters is 2. The third-order valence-corrected chi connectivity index (χ3v) is 12.3. The Hall–Kier alpha value is -4.24. The number of rotatable bonds is 18. The van der Waals surface area contributed by atoms with Gasteiger partial charge in [-0.2, -0.15) is 0 Å². The van der Waals surface area contributed by atoms with E-state index in [2.05, 4.69) is 16.0 Å². The Labute approximate surface area is 367 Å². The SMILES string of the molecule is C[C@@H](OC1CCCCC1)[C@H](NC(=O)[C@H](CC(=O)OC1CCCCC1)NC(=O)OC(C)(C)C)C(=O)N[C@H](C(=O)N1CCC[C@H]1C(=O)OCc1ccccc1)[C@@H](C)OC1CCCCC1. The Morgan fingerprint density at radius 3 is 1.76 bits per heavy atom. The van der Waals surface area contributed by atoms with Gasteiger partial charge in [-0.1, -0.05) is 75.3 Å². The van der Waals surface area contributed by atoms with Gasteiger partial charge in [0, 0.05) is 6.54 Å². The highest BCUT2D eigenvalue weighted by Gasteiger charge is 2.43. The van der Waals surface area contributed by atoms with Gasteiger partial charge in [0.2, 0.25) is 17.7 Å². The number of ether oxygens (including phenoxy) is 5. The quantitative estimate of drug-likeness (QED) is 0.111. The number of amides is 4. The highest BCUT2D eigenvalue weighted by atomic mass is 16.6. The summed E-state index contributed by atoms with van der Waals surface area (Å²) in [6.07, 6.45) is 10.9. The lowest BCUT2D eigenvalue weighted by atomic mass is 9.97. The van der Waals surface area contributed by atoms with E-state index in [1.54, 1.807) is 34.6 Å². The molecular formula is C47H72N4O11. The third-order valence-electron chi connectivity index (χ3n) is 12.3. The van der Waals surface area contributed by atoms with Gasteiger partial charge in [0.15, 0.2) is 0 Å². The number of alkyl carbamates (subject to hydrolysis) is 1. The van der Waals surface area contributed by atoms with Crippen LogP contribution in [0.15, 0.2) is 30.3 Å². The van der Waals surface area contributed by atoms with E-state index < -0.39 is 84.2 Å². The van der Waals surface area contributed by atoms with Gasteiger partial charge >= 0.3 is 18.0 Å². The summed E-state index contributed by atoms with van der Waals surface area (Å²) in [7, 11) is 0. The molecule has 5 rings (SSSR count). The smallest absolute Gasteiger partial charge is 0.408 e. The van der Waals surface area contributed by atoms with Gasteiger partial charge in [-0.05, 0) is 104 Å². The first kappa shape index (κ1) is 48.8. The fraction of sp³-hybridized carbons (Fsp3) is 0.745. The van der Waals surface area contributed by atoms with Gasteiger partial charge < -0.3 is 44.5 Å². The monoisotopic (exact) mass is 869 g/mol. The van der Waals surface area contributed by atoms with E-state index in [0.29, 0.717) is 12.8 Å². The summed E-state index contributed by atoms with van der Waals surface area (Å²) in [4.78, 5) is 85.1. The summed E-state index contributed by atoms with van der Waals surface area (Å²) < 4.78 is 29.8. The van der Waals surface area contributed by atoms with Crippen molar-refractivity contribution >= 4 is 35.8 Å². The van der Waals surface area contributed by atoms with E-state index in [9.17, 15) is 28.8 Å². The molecule has 3 saturated carbocycles. The van der Waals surface area contributed by atoms with Crippen LogP contribution < -0.4 is 16.0 Å². The van der Waals surface area contributed by atoms with Crippen molar-refractivity contribution in [3.63, 3.8) is 0 Å². The number of likely N-dealkylation sites (tertiary alicyclic amines) is 1. The van der Waals surface area contributed by atoms with Crippen LogP contribution in [0.5, 0.6) is 0 Å². The molecule has 1 aliphatic heterocycles. The van der Waals surface area contributed by atoms with Gasteiger partial charge in [0.25, 0.3) is 0 Å². The molecule has 0 bridgehead atoms. The number of benzene rings is 1. The first-order chi connectivity index (χ1) is 29.7. The molecule has 0 spiro atoms. The first-order valence-corrected chi connectivity index (χ1v) is 23.3. The lowest BCUT2D eigenvalue weighted by Gasteiger charge is -2.36. The minimum absolute atomic E-state index is 0.0574. The third kappa shape index (κ3) is 15.5. The minimum Gasteiger partial charge on any atom is -0.462 e. The molecule has 1 heterocycles.